The third kappa shape index (κ3) is 3.29. The zero-order valence-corrected chi connectivity index (χ0v) is 17.7. The third-order valence-electron chi connectivity index (χ3n) is 6.03. The van der Waals surface area contributed by atoms with Crippen LogP contribution in [0.2, 0.25) is 0 Å². The molecule has 3 N–H and O–H groups in total. The van der Waals surface area contributed by atoms with E-state index in [4.69, 9.17) is 28.4 Å². The number of ether oxygens (including phenoxy) is 6. The number of hydrogen-bond acceptors (Lipinski definition) is 9. The monoisotopic (exact) mass is 434 g/mol. The first kappa shape index (κ1) is 21.4. The number of aliphatic hydroxyl groups is 1. The van der Waals surface area contributed by atoms with E-state index in [1.165, 1.54) is 28.4 Å². The lowest BCUT2D eigenvalue weighted by atomic mass is 9.80. The third-order valence-corrected chi connectivity index (χ3v) is 6.03. The SMILES string of the molecule is COc1cc([C@H]2OC[C@]3(O)[C@@H](c4cc(OC)c(O)c(OC)c4)OC[C@H]23)cc(OC)c1O. The number of rotatable bonds is 6. The maximum atomic E-state index is 11.6. The van der Waals surface area contributed by atoms with E-state index in [0.717, 1.165) is 0 Å². The van der Waals surface area contributed by atoms with Gasteiger partial charge in [-0.3, -0.25) is 0 Å². The summed E-state index contributed by atoms with van der Waals surface area (Å²) in [6, 6.07) is 6.55. The minimum Gasteiger partial charge on any atom is -0.502 e. The Labute approximate surface area is 179 Å². The molecule has 2 aromatic rings. The Morgan fingerprint density at radius 3 is 1.68 bits per heavy atom. The van der Waals surface area contributed by atoms with Gasteiger partial charge in [-0.2, -0.15) is 0 Å². The summed E-state index contributed by atoms with van der Waals surface area (Å²) in [4.78, 5) is 0. The van der Waals surface area contributed by atoms with Gasteiger partial charge >= 0.3 is 0 Å². The van der Waals surface area contributed by atoms with Crippen LogP contribution in [0.5, 0.6) is 34.5 Å². The number of aromatic hydroxyl groups is 2. The van der Waals surface area contributed by atoms with Crippen LogP contribution < -0.4 is 18.9 Å². The molecule has 2 saturated heterocycles. The van der Waals surface area contributed by atoms with Crippen molar-refractivity contribution >= 4 is 0 Å². The number of phenolic OH excluding ortho intramolecular Hbond substituents is 2. The van der Waals surface area contributed by atoms with Crippen molar-refractivity contribution in [3.63, 3.8) is 0 Å². The van der Waals surface area contributed by atoms with Crippen molar-refractivity contribution in [3.05, 3.63) is 35.4 Å². The van der Waals surface area contributed by atoms with E-state index in [0.29, 0.717) is 11.1 Å². The van der Waals surface area contributed by atoms with Crippen molar-refractivity contribution in [3.8, 4) is 34.5 Å². The molecule has 0 aromatic heterocycles. The lowest BCUT2D eigenvalue weighted by Crippen LogP contribution is -2.39. The average molecular weight is 434 g/mol. The number of fused-ring (bicyclic) bond motifs is 1. The molecule has 0 unspecified atom stereocenters. The Balaban J connectivity index is 1.69. The van der Waals surface area contributed by atoms with Gasteiger partial charge in [0.05, 0.1) is 47.8 Å². The Morgan fingerprint density at radius 2 is 1.23 bits per heavy atom. The fourth-order valence-corrected chi connectivity index (χ4v) is 4.41. The summed E-state index contributed by atoms with van der Waals surface area (Å²) >= 11 is 0. The number of hydrogen-bond donors (Lipinski definition) is 3. The molecule has 31 heavy (non-hydrogen) atoms. The van der Waals surface area contributed by atoms with Gasteiger partial charge in [-0.1, -0.05) is 0 Å². The molecular weight excluding hydrogens is 408 g/mol. The smallest absolute Gasteiger partial charge is 0.200 e. The largest absolute Gasteiger partial charge is 0.502 e. The van der Waals surface area contributed by atoms with Crippen LogP contribution in [0, 0.1) is 5.92 Å². The molecule has 9 nitrogen and oxygen atoms in total. The molecule has 168 valence electrons. The van der Waals surface area contributed by atoms with Crippen molar-refractivity contribution in [1.29, 1.82) is 0 Å². The van der Waals surface area contributed by atoms with Gasteiger partial charge in [0.25, 0.3) is 0 Å². The van der Waals surface area contributed by atoms with Gasteiger partial charge in [0.15, 0.2) is 23.0 Å². The minimum absolute atomic E-state index is 0.0318. The maximum Gasteiger partial charge on any atom is 0.200 e. The molecule has 2 fully saturated rings. The summed E-state index contributed by atoms with van der Waals surface area (Å²) in [5.74, 6) is 0.308. The molecule has 9 heteroatoms. The number of methoxy groups -OCH3 is 4. The van der Waals surface area contributed by atoms with E-state index in [2.05, 4.69) is 0 Å². The molecule has 2 heterocycles. The van der Waals surface area contributed by atoms with E-state index >= 15 is 0 Å². The fraction of sp³-hybridized carbons (Fsp3) is 0.455. The lowest BCUT2D eigenvalue weighted by molar-refractivity contribution is -0.0629. The van der Waals surface area contributed by atoms with Crippen LogP contribution >= 0.6 is 0 Å². The molecule has 0 bridgehead atoms. The standard InChI is InChI=1S/C22H26O9/c1-26-14-5-11(6-15(27-2)18(14)23)20-13-9-30-21(22(13,25)10-31-20)12-7-16(28-3)19(24)17(8-12)29-4/h5-8,13,20-21,23-25H,9-10H2,1-4H3/t13-,20-,21-,22-/m1/s1. The predicted molar refractivity (Wildman–Crippen MR) is 108 cm³/mol. The lowest BCUT2D eigenvalue weighted by Gasteiger charge is -2.28. The van der Waals surface area contributed by atoms with Crippen molar-refractivity contribution in [2.24, 2.45) is 5.92 Å². The molecule has 4 rings (SSSR count). The zero-order valence-electron chi connectivity index (χ0n) is 17.7. The van der Waals surface area contributed by atoms with Crippen LogP contribution in [0.1, 0.15) is 23.3 Å². The van der Waals surface area contributed by atoms with E-state index in [9.17, 15) is 15.3 Å². The fourth-order valence-electron chi connectivity index (χ4n) is 4.41. The Hall–Kier alpha value is -2.88. The zero-order chi connectivity index (χ0) is 22.3. The van der Waals surface area contributed by atoms with Crippen molar-refractivity contribution in [2.75, 3.05) is 41.7 Å². The summed E-state index contributed by atoms with van der Waals surface area (Å²) < 4.78 is 33.0. The highest BCUT2D eigenvalue weighted by Gasteiger charge is 2.59. The van der Waals surface area contributed by atoms with Gasteiger partial charge in [-0.15, -0.1) is 0 Å². The van der Waals surface area contributed by atoms with Crippen molar-refractivity contribution in [2.45, 2.75) is 17.8 Å². The highest BCUT2D eigenvalue weighted by Crippen LogP contribution is 2.55. The first-order valence-electron chi connectivity index (χ1n) is 9.73. The molecule has 0 spiro atoms. The summed E-state index contributed by atoms with van der Waals surface area (Å²) in [7, 11) is 5.77. The Morgan fingerprint density at radius 1 is 0.774 bits per heavy atom. The molecule has 0 aliphatic carbocycles. The summed E-state index contributed by atoms with van der Waals surface area (Å²) in [5, 5.41) is 32.0. The van der Waals surface area contributed by atoms with Gasteiger partial charge in [-0.05, 0) is 35.4 Å². The van der Waals surface area contributed by atoms with Crippen LogP contribution in [0.15, 0.2) is 24.3 Å². The minimum atomic E-state index is -1.32. The summed E-state index contributed by atoms with van der Waals surface area (Å²) in [5.41, 5.74) is -0.0325. The van der Waals surface area contributed by atoms with Gasteiger partial charge in [0, 0.05) is 5.92 Å². The molecule has 0 saturated carbocycles. The van der Waals surface area contributed by atoms with E-state index in [-0.39, 0.29) is 53.6 Å². The number of benzene rings is 2. The van der Waals surface area contributed by atoms with Crippen LogP contribution in [0.25, 0.3) is 0 Å². The van der Waals surface area contributed by atoms with E-state index in [1.54, 1.807) is 24.3 Å². The van der Waals surface area contributed by atoms with Crippen LogP contribution in [-0.2, 0) is 9.47 Å². The second kappa shape index (κ2) is 7.99. The first-order chi connectivity index (χ1) is 14.9. The molecule has 2 aliphatic rings. The van der Waals surface area contributed by atoms with Crippen molar-refractivity contribution < 1.29 is 43.7 Å². The van der Waals surface area contributed by atoms with Gasteiger partial charge in [0.1, 0.15) is 11.7 Å². The average Bonchev–Trinajstić information content (AvgIpc) is 3.28. The van der Waals surface area contributed by atoms with Gasteiger partial charge in [0.2, 0.25) is 11.5 Å². The van der Waals surface area contributed by atoms with Gasteiger partial charge < -0.3 is 43.7 Å². The topological polar surface area (TPSA) is 116 Å². The second-order valence-corrected chi connectivity index (χ2v) is 7.59. The van der Waals surface area contributed by atoms with Crippen LogP contribution in [0.4, 0.5) is 0 Å². The Bertz CT molecular complexity index is 925. The van der Waals surface area contributed by atoms with E-state index in [1.807, 2.05) is 0 Å². The summed E-state index contributed by atoms with van der Waals surface area (Å²) in [6.45, 7) is 0.271. The predicted octanol–water partition coefficient (Wildman–Crippen LogP) is 2.32. The van der Waals surface area contributed by atoms with Crippen LogP contribution in [0.3, 0.4) is 0 Å². The molecule has 2 aliphatic heterocycles. The summed E-state index contributed by atoms with van der Waals surface area (Å²) in [6.07, 6.45) is -1.22. The molecule has 4 atom stereocenters. The maximum absolute atomic E-state index is 11.6. The quantitative estimate of drug-likeness (QED) is 0.630. The normalized spacial score (nSPS) is 27.1. The highest BCUT2D eigenvalue weighted by molar-refractivity contribution is 5.55. The number of phenols is 2. The van der Waals surface area contributed by atoms with Crippen molar-refractivity contribution in [1.82, 2.24) is 0 Å². The first-order valence-corrected chi connectivity index (χ1v) is 9.73. The molecule has 0 amide bonds. The molecule has 2 aromatic carbocycles. The van der Waals surface area contributed by atoms with Crippen LogP contribution in [-0.4, -0.2) is 62.6 Å². The Kier molecular flexibility index (Phi) is 5.50. The molecular formula is C22H26O9. The van der Waals surface area contributed by atoms with E-state index < -0.39 is 17.8 Å². The second-order valence-electron chi connectivity index (χ2n) is 7.59. The molecule has 0 radical (unpaired) electrons. The highest BCUT2D eigenvalue weighted by atomic mass is 16.6. The van der Waals surface area contributed by atoms with Gasteiger partial charge in [-0.25, -0.2) is 0 Å².